The van der Waals surface area contributed by atoms with Crippen LogP contribution in [0.3, 0.4) is 0 Å². The van der Waals surface area contributed by atoms with Crippen LogP contribution >= 0.6 is 0 Å². The summed E-state index contributed by atoms with van der Waals surface area (Å²) in [4.78, 5) is 11.9. The van der Waals surface area contributed by atoms with Crippen molar-refractivity contribution in [3.8, 4) is 0 Å². The van der Waals surface area contributed by atoms with Crippen molar-refractivity contribution in [1.29, 1.82) is 0 Å². The van der Waals surface area contributed by atoms with Crippen molar-refractivity contribution in [2.24, 2.45) is 14.1 Å². The second-order valence-electron chi connectivity index (χ2n) is 5.17. The van der Waals surface area contributed by atoms with Gasteiger partial charge in [-0.1, -0.05) is 6.07 Å². The molecule has 1 aromatic carbocycles. The van der Waals surface area contributed by atoms with Crippen molar-refractivity contribution in [2.75, 3.05) is 13.1 Å². The Hall–Kier alpha value is -1.55. The van der Waals surface area contributed by atoms with Crippen LogP contribution < -0.4 is 11.0 Å². The maximum Gasteiger partial charge on any atom is 0.328 e. The lowest BCUT2D eigenvalue weighted by Gasteiger charge is -2.23. The predicted molar refractivity (Wildman–Crippen MR) is 73.0 cm³/mol. The Morgan fingerprint density at radius 1 is 1.11 bits per heavy atom. The van der Waals surface area contributed by atoms with Gasteiger partial charge in [0, 0.05) is 14.1 Å². The van der Waals surface area contributed by atoms with Crippen molar-refractivity contribution < 1.29 is 0 Å². The standard InChI is InChI=1S/C14H19N3O/c1-16-12-4-3-11(10-5-7-15-8-6-10)9-13(12)17(2)14(16)18/h3-4,9-10,15H,5-8H2,1-2H3. The number of nitrogens with one attached hydrogen (secondary N) is 1. The van der Waals surface area contributed by atoms with Crippen LogP contribution in [0.25, 0.3) is 11.0 Å². The number of hydrogen-bond acceptors (Lipinski definition) is 2. The SMILES string of the molecule is Cn1c(=O)n(C)c2cc(C3CCNCC3)ccc21. The second kappa shape index (κ2) is 4.28. The van der Waals surface area contributed by atoms with E-state index in [-0.39, 0.29) is 5.69 Å². The largest absolute Gasteiger partial charge is 0.328 e. The molecule has 0 bridgehead atoms. The topological polar surface area (TPSA) is 39.0 Å². The molecular formula is C14H19N3O. The van der Waals surface area contributed by atoms with Crippen molar-refractivity contribution in [3.63, 3.8) is 0 Å². The van der Waals surface area contributed by atoms with E-state index in [1.807, 2.05) is 14.1 Å². The summed E-state index contributed by atoms with van der Waals surface area (Å²) in [6.07, 6.45) is 2.37. The van der Waals surface area contributed by atoms with E-state index in [2.05, 4.69) is 23.5 Å². The maximum absolute atomic E-state index is 11.9. The number of nitrogens with zero attached hydrogens (tertiary/aromatic N) is 2. The summed E-state index contributed by atoms with van der Waals surface area (Å²) in [5, 5.41) is 3.39. The van der Waals surface area contributed by atoms with Crippen LogP contribution in [-0.2, 0) is 14.1 Å². The maximum atomic E-state index is 11.9. The summed E-state index contributed by atoms with van der Waals surface area (Å²) in [6, 6.07) is 6.44. The summed E-state index contributed by atoms with van der Waals surface area (Å²) in [5.74, 6) is 0.631. The summed E-state index contributed by atoms with van der Waals surface area (Å²) in [7, 11) is 3.67. The molecule has 1 fully saturated rings. The minimum absolute atomic E-state index is 0.0486. The van der Waals surface area contributed by atoms with Crippen LogP contribution in [0.15, 0.2) is 23.0 Å². The first kappa shape index (κ1) is 11.5. The van der Waals surface area contributed by atoms with Crippen LogP contribution in [0.4, 0.5) is 0 Å². The minimum Gasteiger partial charge on any atom is -0.317 e. The normalized spacial score (nSPS) is 17.4. The Kier molecular flexibility index (Phi) is 2.74. The third kappa shape index (κ3) is 1.68. The fourth-order valence-corrected chi connectivity index (χ4v) is 2.93. The van der Waals surface area contributed by atoms with E-state index < -0.39 is 0 Å². The molecule has 0 aliphatic carbocycles. The number of piperidine rings is 1. The minimum atomic E-state index is 0.0486. The molecule has 1 aliphatic rings. The zero-order valence-corrected chi connectivity index (χ0v) is 10.9. The van der Waals surface area contributed by atoms with Crippen molar-refractivity contribution >= 4 is 11.0 Å². The molecule has 0 spiro atoms. The zero-order valence-electron chi connectivity index (χ0n) is 10.9. The molecule has 0 amide bonds. The molecular weight excluding hydrogens is 226 g/mol. The first-order valence-electron chi connectivity index (χ1n) is 6.54. The molecule has 0 radical (unpaired) electrons. The van der Waals surface area contributed by atoms with Gasteiger partial charge < -0.3 is 5.32 Å². The first-order valence-corrected chi connectivity index (χ1v) is 6.54. The summed E-state index contributed by atoms with van der Waals surface area (Å²) >= 11 is 0. The molecule has 1 N–H and O–H groups in total. The smallest absolute Gasteiger partial charge is 0.317 e. The molecule has 0 atom stereocenters. The second-order valence-corrected chi connectivity index (χ2v) is 5.17. The summed E-state index contributed by atoms with van der Waals surface area (Å²) in [5.41, 5.74) is 3.47. The molecule has 0 saturated carbocycles. The number of fused-ring (bicyclic) bond motifs is 1. The molecule has 4 nitrogen and oxygen atoms in total. The van der Waals surface area contributed by atoms with Crippen LogP contribution in [0.2, 0.25) is 0 Å². The fourth-order valence-electron chi connectivity index (χ4n) is 2.93. The third-order valence-electron chi connectivity index (χ3n) is 4.11. The van der Waals surface area contributed by atoms with Gasteiger partial charge in [0.25, 0.3) is 0 Å². The fraction of sp³-hybridized carbons (Fsp3) is 0.500. The van der Waals surface area contributed by atoms with E-state index in [4.69, 9.17) is 0 Å². The van der Waals surface area contributed by atoms with Gasteiger partial charge in [-0.15, -0.1) is 0 Å². The number of hydrogen-bond donors (Lipinski definition) is 1. The lowest BCUT2D eigenvalue weighted by atomic mass is 9.90. The first-order chi connectivity index (χ1) is 8.68. The van der Waals surface area contributed by atoms with E-state index in [1.165, 1.54) is 18.4 Å². The predicted octanol–water partition coefficient (Wildman–Crippen LogP) is 1.34. The molecule has 18 heavy (non-hydrogen) atoms. The van der Waals surface area contributed by atoms with Crippen molar-refractivity contribution in [2.45, 2.75) is 18.8 Å². The molecule has 96 valence electrons. The van der Waals surface area contributed by atoms with Crippen molar-refractivity contribution in [3.05, 3.63) is 34.2 Å². The van der Waals surface area contributed by atoms with E-state index in [0.29, 0.717) is 5.92 Å². The lowest BCUT2D eigenvalue weighted by molar-refractivity contribution is 0.460. The van der Waals surface area contributed by atoms with Crippen LogP contribution in [0, 0.1) is 0 Å². The molecule has 1 aliphatic heterocycles. The van der Waals surface area contributed by atoms with Gasteiger partial charge in [-0.2, -0.15) is 0 Å². The average molecular weight is 245 g/mol. The highest BCUT2D eigenvalue weighted by Crippen LogP contribution is 2.27. The van der Waals surface area contributed by atoms with E-state index in [9.17, 15) is 4.79 Å². The van der Waals surface area contributed by atoms with Crippen LogP contribution in [0.5, 0.6) is 0 Å². The average Bonchev–Trinajstić information content (AvgIpc) is 2.65. The Morgan fingerprint density at radius 3 is 2.50 bits per heavy atom. The van der Waals surface area contributed by atoms with Crippen LogP contribution in [-0.4, -0.2) is 22.2 Å². The third-order valence-corrected chi connectivity index (χ3v) is 4.11. The van der Waals surface area contributed by atoms with Gasteiger partial charge in [-0.05, 0) is 49.5 Å². The molecule has 4 heteroatoms. The monoisotopic (exact) mass is 245 g/mol. The molecule has 0 unspecified atom stereocenters. The highest BCUT2D eigenvalue weighted by atomic mass is 16.1. The zero-order chi connectivity index (χ0) is 12.7. The highest BCUT2D eigenvalue weighted by Gasteiger charge is 2.16. The molecule has 1 saturated heterocycles. The Morgan fingerprint density at radius 2 is 1.78 bits per heavy atom. The van der Waals surface area contributed by atoms with Gasteiger partial charge in [-0.25, -0.2) is 4.79 Å². The highest BCUT2D eigenvalue weighted by molar-refractivity contribution is 5.77. The number of aryl methyl sites for hydroxylation is 2. The quantitative estimate of drug-likeness (QED) is 0.823. The summed E-state index contributed by atoms with van der Waals surface area (Å²) in [6.45, 7) is 2.19. The molecule has 1 aromatic heterocycles. The van der Waals surface area contributed by atoms with Gasteiger partial charge >= 0.3 is 5.69 Å². The van der Waals surface area contributed by atoms with Gasteiger partial charge in [0.15, 0.2) is 0 Å². The molecule has 2 aromatic rings. The van der Waals surface area contributed by atoms with Crippen LogP contribution in [0.1, 0.15) is 24.3 Å². The lowest BCUT2D eigenvalue weighted by Crippen LogP contribution is -2.26. The Balaban J connectivity index is 2.10. The van der Waals surface area contributed by atoms with E-state index >= 15 is 0 Å². The number of imidazole rings is 1. The van der Waals surface area contributed by atoms with Gasteiger partial charge in [0.1, 0.15) is 0 Å². The van der Waals surface area contributed by atoms with E-state index in [1.54, 1.807) is 9.13 Å². The molecule has 2 heterocycles. The Bertz CT molecular complexity index is 632. The van der Waals surface area contributed by atoms with Gasteiger partial charge in [0.2, 0.25) is 0 Å². The summed E-state index contributed by atoms with van der Waals surface area (Å²) < 4.78 is 3.45. The van der Waals surface area contributed by atoms with Gasteiger partial charge in [-0.3, -0.25) is 9.13 Å². The number of rotatable bonds is 1. The van der Waals surface area contributed by atoms with E-state index in [0.717, 1.165) is 24.1 Å². The molecule has 3 rings (SSSR count). The number of aromatic nitrogens is 2. The van der Waals surface area contributed by atoms with Crippen molar-refractivity contribution in [1.82, 2.24) is 14.5 Å². The number of benzene rings is 1. The Labute approximate surface area is 106 Å². The van der Waals surface area contributed by atoms with Gasteiger partial charge in [0.05, 0.1) is 11.0 Å².